The smallest absolute Gasteiger partial charge is 0.155 e. The van der Waals surface area contributed by atoms with E-state index in [9.17, 15) is 14.4 Å². The van der Waals surface area contributed by atoms with Gasteiger partial charge in [0.05, 0.1) is 17.3 Å². The summed E-state index contributed by atoms with van der Waals surface area (Å²) in [5, 5.41) is 25.1. The fourth-order valence-corrected chi connectivity index (χ4v) is 0.882. The van der Waals surface area contributed by atoms with Gasteiger partial charge in [-0.1, -0.05) is 0 Å². The quantitative estimate of drug-likeness (QED) is 0.450. The summed E-state index contributed by atoms with van der Waals surface area (Å²) in [6.45, 7) is 8.54. The maximum Gasteiger partial charge on any atom is 0.155 e. The zero-order valence-electron chi connectivity index (χ0n) is 13.7. The largest absolute Gasteiger partial charge is 0.512 e. The van der Waals surface area contributed by atoms with Crippen LogP contribution in [-0.4, -0.2) is 32.7 Å². The second-order valence-corrected chi connectivity index (χ2v) is 4.19. The molecule has 0 bridgehead atoms. The molecule has 0 aliphatic rings. The van der Waals surface area contributed by atoms with Crippen LogP contribution in [-0.2, 0) is 14.4 Å². The van der Waals surface area contributed by atoms with Gasteiger partial charge >= 0.3 is 0 Å². The van der Waals surface area contributed by atoms with Gasteiger partial charge in [-0.15, -0.1) is 0 Å². The fourth-order valence-electron chi connectivity index (χ4n) is 0.882. The Bertz CT molecular complexity index is 368. The zero-order valence-corrected chi connectivity index (χ0v) is 16.3. The van der Waals surface area contributed by atoms with E-state index in [1.165, 1.54) is 59.8 Å². The molecule has 0 atom stereocenters. The molecular formula is C15H24O6Sm. The first-order chi connectivity index (χ1) is 9.38. The summed E-state index contributed by atoms with van der Waals surface area (Å²) in [5.41, 5.74) is 0. The third-order valence-electron chi connectivity index (χ3n) is 1.24. The van der Waals surface area contributed by atoms with Crippen molar-refractivity contribution in [3.05, 3.63) is 35.5 Å². The van der Waals surface area contributed by atoms with Gasteiger partial charge in [-0.05, 0) is 41.5 Å². The molecule has 0 amide bonds. The van der Waals surface area contributed by atoms with Crippen LogP contribution in [0.5, 0.6) is 0 Å². The number of carbonyl (C=O) groups excluding carboxylic acids is 3. The molecule has 0 spiro atoms. The molecule has 6 nitrogen and oxygen atoms in total. The van der Waals surface area contributed by atoms with Crippen molar-refractivity contribution >= 4 is 17.3 Å². The zero-order chi connectivity index (χ0) is 17.6. The van der Waals surface area contributed by atoms with E-state index >= 15 is 0 Å². The first kappa shape index (κ1) is 29.0. The molecule has 126 valence electrons. The Balaban J connectivity index is -0.000000108. The molecule has 0 rings (SSSR count). The summed E-state index contributed by atoms with van der Waals surface area (Å²) in [6, 6.07) is 0. The van der Waals surface area contributed by atoms with E-state index < -0.39 is 0 Å². The third-order valence-corrected chi connectivity index (χ3v) is 1.24. The average molecular weight is 451 g/mol. The summed E-state index contributed by atoms with van der Waals surface area (Å²) < 4.78 is 0. The van der Waals surface area contributed by atoms with Crippen LogP contribution in [0, 0.1) is 40.4 Å². The molecule has 3 N–H and O–H groups in total. The number of aliphatic hydroxyl groups is 3. The molecule has 0 saturated carbocycles. The Kier molecular flexibility index (Phi) is 23.8. The Morgan fingerprint density at radius 2 is 0.682 bits per heavy atom. The van der Waals surface area contributed by atoms with Crippen molar-refractivity contribution in [2.24, 2.45) is 0 Å². The summed E-state index contributed by atoms with van der Waals surface area (Å²) in [7, 11) is 0. The minimum Gasteiger partial charge on any atom is -0.512 e. The number of aliphatic hydroxyl groups excluding tert-OH is 3. The van der Waals surface area contributed by atoms with Gasteiger partial charge in [-0.2, -0.15) is 0 Å². The number of hydrogen-bond acceptors (Lipinski definition) is 6. The average Bonchev–Trinajstić information content (AvgIpc) is 2.10. The second-order valence-electron chi connectivity index (χ2n) is 4.19. The standard InChI is InChI=1S/3C5H8O2.Sm/c3*1-4(6)3-5(2)7;/h3*3,6H,1-2H3;/b4-3+;2*4-3-;. The summed E-state index contributed by atoms with van der Waals surface area (Å²) >= 11 is 0. The van der Waals surface area contributed by atoms with Crippen molar-refractivity contribution in [1.82, 2.24) is 0 Å². The Morgan fingerprint density at radius 3 is 0.682 bits per heavy atom. The monoisotopic (exact) mass is 452 g/mol. The molecule has 0 saturated heterocycles. The topological polar surface area (TPSA) is 112 Å². The van der Waals surface area contributed by atoms with E-state index in [0.29, 0.717) is 0 Å². The summed E-state index contributed by atoms with van der Waals surface area (Å²) in [5.74, 6) is -0.187. The maximum atomic E-state index is 10.0. The van der Waals surface area contributed by atoms with E-state index in [2.05, 4.69) is 0 Å². The van der Waals surface area contributed by atoms with Gasteiger partial charge in [0, 0.05) is 58.6 Å². The van der Waals surface area contributed by atoms with Crippen LogP contribution in [0.4, 0.5) is 0 Å². The maximum absolute atomic E-state index is 10.0. The minimum absolute atomic E-state index is 0. The predicted octanol–water partition coefficient (Wildman–Crippen LogP) is 3.11. The Morgan fingerprint density at radius 1 is 0.545 bits per heavy atom. The van der Waals surface area contributed by atoms with Crippen molar-refractivity contribution in [2.45, 2.75) is 41.5 Å². The number of allylic oxidation sites excluding steroid dienone is 6. The van der Waals surface area contributed by atoms with Crippen LogP contribution in [0.25, 0.3) is 0 Å². The molecule has 22 heavy (non-hydrogen) atoms. The molecule has 0 fully saturated rings. The number of ketones is 3. The first-order valence-electron chi connectivity index (χ1n) is 6.02. The molecule has 0 radical (unpaired) electrons. The molecule has 7 heteroatoms. The van der Waals surface area contributed by atoms with Crippen LogP contribution in [0.3, 0.4) is 0 Å². The molecule has 0 unspecified atom stereocenters. The third kappa shape index (κ3) is 50.9. The normalized spacial score (nSPS) is 10.9. The van der Waals surface area contributed by atoms with Gasteiger partial charge in [0.15, 0.2) is 17.3 Å². The van der Waals surface area contributed by atoms with Crippen molar-refractivity contribution < 1.29 is 70.1 Å². The Hall–Kier alpha value is -1.03. The van der Waals surface area contributed by atoms with Gasteiger partial charge in [0.2, 0.25) is 0 Å². The summed E-state index contributed by atoms with van der Waals surface area (Å²) in [6.07, 6.45) is 3.50. The predicted molar refractivity (Wildman–Crippen MR) is 81.2 cm³/mol. The van der Waals surface area contributed by atoms with Crippen LogP contribution in [0.1, 0.15) is 41.5 Å². The van der Waals surface area contributed by atoms with Crippen LogP contribution >= 0.6 is 0 Å². The fraction of sp³-hybridized carbons (Fsp3) is 0.400. The molecule has 0 aromatic heterocycles. The van der Waals surface area contributed by atoms with E-state index in [-0.39, 0.29) is 75.0 Å². The van der Waals surface area contributed by atoms with Gasteiger partial charge < -0.3 is 15.3 Å². The number of rotatable bonds is 3. The van der Waals surface area contributed by atoms with E-state index in [0.717, 1.165) is 0 Å². The van der Waals surface area contributed by atoms with E-state index in [1.807, 2.05) is 0 Å². The van der Waals surface area contributed by atoms with E-state index in [4.69, 9.17) is 15.3 Å². The summed E-state index contributed by atoms with van der Waals surface area (Å²) in [4.78, 5) is 30.1. The first-order valence-corrected chi connectivity index (χ1v) is 6.02. The molecule has 0 aromatic carbocycles. The van der Waals surface area contributed by atoms with Gasteiger partial charge in [0.1, 0.15) is 0 Å². The number of hydrogen-bond donors (Lipinski definition) is 3. The molecule has 0 heterocycles. The van der Waals surface area contributed by atoms with Gasteiger partial charge in [-0.25, -0.2) is 0 Å². The van der Waals surface area contributed by atoms with Crippen molar-refractivity contribution in [3.8, 4) is 0 Å². The minimum atomic E-state index is -0.125. The molecule has 0 aliphatic carbocycles. The molecule has 0 aliphatic heterocycles. The SMILES string of the molecule is CC(=O)/C=C(/C)O.CC(=O)/C=C(/C)O.CC(=O)/C=C(\C)O.[Sm]. The second kappa shape index (κ2) is 18.0. The van der Waals surface area contributed by atoms with Gasteiger partial charge in [0.25, 0.3) is 0 Å². The number of carbonyl (C=O) groups is 3. The molecule has 0 aromatic rings. The van der Waals surface area contributed by atoms with Crippen molar-refractivity contribution in [3.63, 3.8) is 0 Å². The van der Waals surface area contributed by atoms with Crippen molar-refractivity contribution in [1.29, 1.82) is 0 Å². The van der Waals surface area contributed by atoms with Crippen molar-refractivity contribution in [2.75, 3.05) is 0 Å². The van der Waals surface area contributed by atoms with Crippen LogP contribution in [0.2, 0.25) is 0 Å². The Labute approximate surface area is 163 Å². The van der Waals surface area contributed by atoms with Crippen LogP contribution in [0.15, 0.2) is 35.5 Å². The van der Waals surface area contributed by atoms with Gasteiger partial charge in [-0.3, -0.25) is 14.4 Å². The van der Waals surface area contributed by atoms with E-state index in [1.54, 1.807) is 0 Å². The van der Waals surface area contributed by atoms with Crippen LogP contribution < -0.4 is 0 Å². The molecular weight excluding hydrogens is 427 g/mol.